The highest BCUT2D eigenvalue weighted by molar-refractivity contribution is 6.15. The molecular weight excluding hydrogens is 434 g/mol. The van der Waals surface area contributed by atoms with Gasteiger partial charge in [-0.05, 0) is 30.4 Å². The minimum atomic E-state index is -1.39. The third kappa shape index (κ3) is 3.24. The first-order valence-electron chi connectivity index (χ1n) is 11.7. The van der Waals surface area contributed by atoms with Gasteiger partial charge in [-0.25, -0.2) is 0 Å². The molecule has 8 nitrogen and oxygen atoms in total. The average Bonchev–Trinajstić information content (AvgIpc) is 3.41. The fourth-order valence-corrected chi connectivity index (χ4v) is 5.88. The van der Waals surface area contributed by atoms with E-state index in [0.717, 1.165) is 11.1 Å². The van der Waals surface area contributed by atoms with Crippen LogP contribution < -0.4 is 10.6 Å². The zero-order chi connectivity index (χ0) is 24.0. The Kier molecular flexibility index (Phi) is 5.48. The Hall–Kier alpha value is -3.52. The maximum absolute atomic E-state index is 13.7. The maximum atomic E-state index is 13.7. The van der Waals surface area contributed by atoms with E-state index in [-0.39, 0.29) is 37.1 Å². The van der Waals surface area contributed by atoms with E-state index in [0.29, 0.717) is 24.1 Å². The zero-order valence-electron chi connectivity index (χ0n) is 18.9. The number of carbonyl (C=O) groups is 4. The molecule has 2 aromatic rings. The number of aryl methyl sites for hydroxylation is 1. The van der Waals surface area contributed by atoms with Gasteiger partial charge in [0, 0.05) is 30.3 Å². The molecule has 3 amide bonds. The third-order valence-corrected chi connectivity index (χ3v) is 7.44. The molecule has 3 heterocycles. The van der Waals surface area contributed by atoms with Gasteiger partial charge < -0.3 is 10.4 Å². The third-order valence-electron chi connectivity index (χ3n) is 7.44. The van der Waals surface area contributed by atoms with Crippen molar-refractivity contribution in [3.8, 4) is 0 Å². The van der Waals surface area contributed by atoms with Crippen molar-refractivity contribution in [1.29, 1.82) is 0 Å². The predicted molar refractivity (Wildman–Crippen MR) is 124 cm³/mol. The Balaban J connectivity index is 1.54. The first kappa shape index (κ1) is 22.3. The molecule has 3 N–H and O–H groups in total. The van der Waals surface area contributed by atoms with E-state index in [1.165, 1.54) is 4.90 Å². The van der Waals surface area contributed by atoms with Crippen LogP contribution in [-0.2, 0) is 37.6 Å². The molecule has 0 radical (unpaired) electrons. The van der Waals surface area contributed by atoms with Crippen molar-refractivity contribution in [2.24, 2.45) is 11.8 Å². The van der Waals surface area contributed by atoms with Crippen molar-refractivity contribution in [2.45, 2.75) is 44.2 Å². The molecule has 0 unspecified atom stereocenters. The van der Waals surface area contributed by atoms with E-state index in [1.807, 2.05) is 55.5 Å². The fraction of sp³-hybridized carbons (Fsp3) is 0.385. The lowest BCUT2D eigenvalue weighted by atomic mass is 9.76. The second kappa shape index (κ2) is 8.36. The summed E-state index contributed by atoms with van der Waals surface area (Å²) in [6.07, 6.45) is 1.21. The van der Waals surface area contributed by atoms with Gasteiger partial charge in [0.05, 0.1) is 11.8 Å². The molecule has 176 valence electrons. The summed E-state index contributed by atoms with van der Waals surface area (Å²) in [5.74, 6) is -3.75. The highest BCUT2D eigenvalue weighted by Gasteiger charge is 2.70. The van der Waals surface area contributed by atoms with Crippen molar-refractivity contribution < 1.29 is 24.3 Å². The number of anilines is 1. The Bertz CT molecular complexity index is 1180. The lowest BCUT2D eigenvalue weighted by Gasteiger charge is -2.29. The average molecular weight is 462 g/mol. The second-order valence-electron chi connectivity index (χ2n) is 9.21. The minimum Gasteiger partial charge on any atom is -0.481 e. The van der Waals surface area contributed by atoms with E-state index in [9.17, 15) is 24.3 Å². The van der Waals surface area contributed by atoms with E-state index < -0.39 is 29.4 Å². The molecule has 0 aromatic heterocycles. The molecule has 3 aliphatic heterocycles. The molecule has 0 bridgehead atoms. The van der Waals surface area contributed by atoms with Crippen LogP contribution in [0, 0.1) is 11.8 Å². The van der Waals surface area contributed by atoms with Crippen molar-refractivity contribution in [3.05, 3.63) is 65.2 Å². The molecule has 5 rings (SSSR count). The quantitative estimate of drug-likeness (QED) is 0.544. The fourth-order valence-electron chi connectivity index (χ4n) is 5.88. The minimum absolute atomic E-state index is 0.153. The number of benzene rings is 2. The SMILES string of the molecule is CCc1cccc2c1NC(=O)[C@]21N[C@H](CCC(=O)O)[C@H]2C(=O)N(CCc3ccccc3)C(=O)[C@@H]21. The summed E-state index contributed by atoms with van der Waals surface area (Å²) in [5.41, 5.74) is 1.92. The number of hydrogen-bond acceptors (Lipinski definition) is 5. The maximum Gasteiger partial charge on any atom is 0.303 e. The molecule has 1 spiro atoms. The first-order valence-corrected chi connectivity index (χ1v) is 11.7. The Morgan fingerprint density at radius 2 is 1.82 bits per heavy atom. The number of carboxylic acid groups (broad SMARTS) is 1. The number of amides is 3. The van der Waals surface area contributed by atoms with Crippen LogP contribution >= 0.6 is 0 Å². The number of nitrogens with zero attached hydrogens (tertiary/aromatic N) is 1. The summed E-state index contributed by atoms with van der Waals surface area (Å²) in [4.78, 5) is 53.4. The molecule has 8 heteroatoms. The predicted octanol–water partition coefficient (Wildman–Crippen LogP) is 2.08. The largest absolute Gasteiger partial charge is 0.481 e. The number of carboxylic acids is 1. The number of hydrogen-bond donors (Lipinski definition) is 3. The topological polar surface area (TPSA) is 116 Å². The molecule has 2 saturated heterocycles. The van der Waals surface area contributed by atoms with E-state index >= 15 is 0 Å². The van der Waals surface area contributed by atoms with Gasteiger partial charge in [-0.3, -0.25) is 29.4 Å². The molecule has 34 heavy (non-hydrogen) atoms. The smallest absolute Gasteiger partial charge is 0.303 e. The van der Waals surface area contributed by atoms with Gasteiger partial charge in [-0.1, -0.05) is 55.5 Å². The summed E-state index contributed by atoms with van der Waals surface area (Å²) in [5, 5.41) is 15.5. The van der Waals surface area contributed by atoms with Gasteiger partial charge in [0.25, 0.3) is 0 Å². The van der Waals surface area contributed by atoms with Gasteiger partial charge >= 0.3 is 5.97 Å². The van der Waals surface area contributed by atoms with Gasteiger partial charge in [0.1, 0.15) is 5.54 Å². The Morgan fingerprint density at radius 1 is 1.06 bits per heavy atom. The molecular formula is C26H27N3O5. The number of carbonyl (C=O) groups excluding carboxylic acids is 3. The van der Waals surface area contributed by atoms with Gasteiger partial charge in [0.2, 0.25) is 17.7 Å². The molecule has 4 atom stereocenters. The van der Waals surface area contributed by atoms with Crippen LogP contribution in [0.1, 0.15) is 36.5 Å². The standard InChI is InChI=1S/C26H27N3O5/c1-2-16-9-6-10-17-22(16)27-25(34)26(17)21-20(18(28-26)11-12-19(30)31)23(32)29(24(21)33)14-13-15-7-4-3-5-8-15/h3-10,18,20-21,28H,2,11-14H2,1H3,(H,27,34)(H,30,31)/t18-,20-,21-,26+/m1/s1. The van der Waals surface area contributed by atoms with Gasteiger partial charge in [-0.15, -0.1) is 0 Å². The van der Waals surface area contributed by atoms with Crippen molar-refractivity contribution in [3.63, 3.8) is 0 Å². The molecule has 2 aromatic carbocycles. The summed E-state index contributed by atoms with van der Waals surface area (Å²) < 4.78 is 0. The number of imide groups is 1. The van der Waals surface area contributed by atoms with Crippen LogP contribution in [0.2, 0.25) is 0 Å². The normalized spacial score (nSPS) is 27.3. The lowest BCUT2D eigenvalue weighted by molar-refractivity contribution is -0.143. The lowest BCUT2D eigenvalue weighted by Crippen LogP contribution is -2.53. The van der Waals surface area contributed by atoms with Crippen LogP contribution in [0.3, 0.4) is 0 Å². The van der Waals surface area contributed by atoms with E-state index in [4.69, 9.17) is 0 Å². The van der Waals surface area contributed by atoms with Gasteiger partial charge in [-0.2, -0.15) is 0 Å². The Morgan fingerprint density at radius 3 is 2.53 bits per heavy atom. The monoisotopic (exact) mass is 461 g/mol. The number of nitrogens with one attached hydrogen (secondary N) is 2. The second-order valence-corrected chi connectivity index (χ2v) is 9.21. The summed E-state index contributed by atoms with van der Waals surface area (Å²) >= 11 is 0. The Labute approximate surface area is 197 Å². The van der Waals surface area contributed by atoms with Crippen molar-refractivity contribution in [1.82, 2.24) is 10.2 Å². The van der Waals surface area contributed by atoms with Crippen LogP contribution in [0.4, 0.5) is 5.69 Å². The summed E-state index contributed by atoms with van der Waals surface area (Å²) in [7, 11) is 0. The highest BCUT2D eigenvalue weighted by Crippen LogP contribution is 2.54. The number of aliphatic carboxylic acids is 1. The summed E-state index contributed by atoms with van der Waals surface area (Å²) in [6, 6.07) is 14.6. The number of rotatable bonds is 7. The van der Waals surface area contributed by atoms with E-state index in [2.05, 4.69) is 10.6 Å². The molecule has 2 fully saturated rings. The van der Waals surface area contributed by atoms with E-state index in [1.54, 1.807) is 0 Å². The van der Waals surface area contributed by atoms with Crippen LogP contribution in [0.15, 0.2) is 48.5 Å². The first-order chi connectivity index (χ1) is 16.4. The molecule has 0 saturated carbocycles. The summed E-state index contributed by atoms with van der Waals surface area (Å²) in [6.45, 7) is 2.21. The number of para-hydroxylation sites is 1. The highest BCUT2D eigenvalue weighted by atomic mass is 16.4. The number of likely N-dealkylation sites (tertiary alicyclic amines) is 1. The van der Waals surface area contributed by atoms with Crippen molar-refractivity contribution in [2.75, 3.05) is 11.9 Å². The van der Waals surface area contributed by atoms with Crippen LogP contribution in [0.5, 0.6) is 0 Å². The molecule has 0 aliphatic carbocycles. The number of fused-ring (bicyclic) bond motifs is 4. The van der Waals surface area contributed by atoms with Crippen molar-refractivity contribution >= 4 is 29.4 Å². The molecule has 3 aliphatic rings. The zero-order valence-corrected chi connectivity index (χ0v) is 18.9. The van der Waals surface area contributed by atoms with Gasteiger partial charge in [0.15, 0.2) is 0 Å². The van der Waals surface area contributed by atoms with Crippen LogP contribution in [0.25, 0.3) is 0 Å². The van der Waals surface area contributed by atoms with Crippen LogP contribution in [-0.4, -0.2) is 46.3 Å².